The molecule has 1 aliphatic rings. The van der Waals surface area contributed by atoms with Crippen molar-refractivity contribution in [2.24, 2.45) is 13.0 Å². The predicted octanol–water partition coefficient (Wildman–Crippen LogP) is 1.60. The molecule has 1 N–H and O–H groups in total. The van der Waals surface area contributed by atoms with E-state index in [-0.39, 0.29) is 6.61 Å². The summed E-state index contributed by atoms with van der Waals surface area (Å²) in [4.78, 5) is 0. The van der Waals surface area contributed by atoms with Crippen LogP contribution >= 0.6 is 0 Å². The lowest BCUT2D eigenvalue weighted by Gasteiger charge is -2.25. The minimum Gasteiger partial charge on any atom is -0.388 e. The zero-order valence-corrected chi connectivity index (χ0v) is 9.48. The summed E-state index contributed by atoms with van der Waals surface area (Å²) in [6.45, 7) is 2.29. The quantitative estimate of drug-likeness (QED) is 0.805. The lowest BCUT2D eigenvalue weighted by atomic mass is 9.82. The topological polar surface area (TPSA) is 50.9 Å². The van der Waals surface area contributed by atoms with Gasteiger partial charge in [0, 0.05) is 13.0 Å². The van der Waals surface area contributed by atoms with Crippen LogP contribution in [0.15, 0.2) is 0 Å². The van der Waals surface area contributed by atoms with E-state index >= 15 is 0 Å². The van der Waals surface area contributed by atoms with Gasteiger partial charge in [-0.25, -0.2) is 0 Å². The molecular formula is C11H19N3O. The molecule has 0 aliphatic heterocycles. The van der Waals surface area contributed by atoms with E-state index in [0.29, 0.717) is 11.7 Å². The van der Waals surface area contributed by atoms with Crippen molar-refractivity contribution in [3.63, 3.8) is 0 Å². The molecule has 0 saturated heterocycles. The number of aliphatic hydroxyl groups is 1. The van der Waals surface area contributed by atoms with Crippen molar-refractivity contribution >= 4 is 0 Å². The van der Waals surface area contributed by atoms with E-state index in [4.69, 9.17) is 5.11 Å². The molecule has 1 saturated carbocycles. The molecule has 0 aromatic carbocycles. The Morgan fingerprint density at radius 1 is 1.27 bits per heavy atom. The Labute approximate surface area is 90.3 Å². The second-order valence-corrected chi connectivity index (χ2v) is 4.65. The molecule has 0 amide bonds. The second-order valence-electron chi connectivity index (χ2n) is 4.65. The molecule has 1 aliphatic carbocycles. The molecule has 0 atom stereocenters. The lowest BCUT2D eigenvalue weighted by molar-refractivity contribution is 0.265. The molecule has 2 rings (SSSR count). The summed E-state index contributed by atoms with van der Waals surface area (Å²) in [5.41, 5.74) is 0. The standard InChI is InChI=1S/C11H19N3O/c1-8-3-5-9(6-4-8)11-13-12-10(7-15)14(11)2/h8-9,15H,3-7H2,1-2H3. The summed E-state index contributed by atoms with van der Waals surface area (Å²) in [6, 6.07) is 0. The maximum Gasteiger partial charge on any atom is 0.158 e. The third-order valence-corrected chi connectivity index (χ3v) is 3.52. The summed E-state index contributed by atoms with van der Waals surface area (Å²) in [5.74, 6) is 3.11. The van der Waals surface area contributed by atoms with Gasteiger partial charge in [0.15, 0.2) is 5.82 Å². The normalized spacial score (nSPS) is 26.9. The van der Waals surface area contributed by atoms with Crippen LogP contribution in [0.25, 0.3) is 0 Å². The summed E-state index contributed by atoms with van der Waals surface area (Å²) in [5, 5.41) is 17.2. The van der Waals surface area contributed by atoms with Gasteiger partial charge < -0.3 is 9.67 Å². The number of rotatable bonds is 2. The van der Waals surface area contributed by atoms with Crippen molar-refractivity contribution in [2.75, 3.05) is 0 Å². The molecule has 0 bridgehead atoms. The fraction of sp³-hybridized carbons (Fsp3) is 0.818. The molecule has 1 aromatic rings. The van der Waals surface area contributed by atoms with E-state index < -0.39 is 0 Å². The van der Waals surface area contributed by atoms with E-state index in [1.165, 1.54) is 25.7 Å². The van der Waals surface area contributed by atoms with Gasteiger partial charge >= 0.3 is 0 Å². The molecule has 0 spiro atoms. The van der Waals surface area contributed by atoms with Gasteiger partial charge in [0.1, 0.15) is 12.4 Å². The van der Waals surface area contributed by atoms with Gasteiger partial charge in [-0.2, -0.15) is 0 Å². The number of nitrogens with zero attached hydrogens (tertiary/aromatic N) is 3. The van der Waals surface area contributed by atoms with E-state index in [0.717, 1.165) is 11.7 Å². The van der Waals surface area contributed by atoms with Crippen LogP contribution in [-0.2, 0) is 13.7 Å². The highest BCUT2D eigenvalue weighted by Gasteiger charge is 2.24. The Morgan fingerprint density at radius 2 is 1.93 bits per heavy atom. The third-order valence-electron chi connectivity index (χ3n) is 3.52. The van der Waals surface area contributed by atoms with Crippen molar-refractivity contribution in [2.45, 2.75) is 45.1 Å². The Hall–Kier alpha value is -0.900. The largest absolute Gasteiger partial charge is 0.388 e. The van der Waals surface area contributed by atoms with Crippen LogP contribution < -0.4 is 0 Å². The third kappa shape index (κ3) is 2.04. The Kier molecular flexibility index (Phi) is 3.05. The zero-order valence-electron chi connectivity index (χ0n) is 9.48. The highest BCUT2D eigenvalue weighted by atomic mass is 16.3. The summed E-state index contributed by atoms with van der Waals surface area (Å²) >= 11 is 0. The van der Waals surface area contributed by atoms with E-state index in [2.05, 4.69) is 17.1 Å². The maximum atomic E-state index is 9.05. The molecule has 4 nitrogen and oxygen atoms in total. The Bertz CT molecular complexity index is 327. The minimum atomic E-state index is -0.0212. The molecule has 84 valence electrons. The highest BCUT2D eigenvalue weighted by Crippen LogP contribution is 2.34. The second kappa shape index (κ2) is 4.31. The van der Waals surface area contributed by atoms with Crippen LogP contribution in [0.1, 0.15) is 50.2 Å². The Morgan fingerprint density at radius 3 is 2.47 bits per heavy atom. The van der Waals surface area contributed by atoms with Crippen LogP contribution in [0.4, 0.5) is 0 Å². The molecule has 15 heavy (non-hydrogen) atoms. The van der Waals surface area contributed by atoms with Gasteiger partial charge in [-0.05, 0) is 18.8 Å². The lowest BCUT2D eigenvalue weighted by Crippen LogP contribution is -2.15. The van der Waals surface area contributed by atoms with E-state index in [1.807, 2.05) is 11.6 Å². The minimum absolute atomic E-state index is 0.0212. The first-order valence-electron chi connectivity index (χ1n) is 5.71. The summed E-state index contributed by atoms with van der Waals surface area (Å²) in [7, 11) is 1.94. The van der Waals surface area contributed by atoms with Crippen LogP contribution in [0, 0.1) is 5.92 Å². The van der Waals surface area contributed by atoms with Crippen molar-refractivity contribution in [3.05, 3.63) is 11.6 Å². The molecule has 1 fully saturated rings. The highest BCUT2D eigenvalue weighted by molar-refractivity contribution is 5.02. The van der Waals surface area contributed by atoms with Crippen molar-refractivity contribution in [3.8, 4) is 0 Å². The molecule has 0 radical (unpaired) electrons. The predicted molar refractivity (Wildman–Crippen MR) is 57.3 cm³/mol. The van der Waals surface area contributed by atoms with Crippen molar-refractivity contribution in [1.29, 1.82) is 0 Å². The van der Waals surface area contributed by atoms with Gasteiger partial charge in [-0.3, -0.25) is 0 Å². The van der Waals surface area contributed by atoms with Gasteiger partial charge in [0.2, 0.25) is 0 Å². The summed E-state index contributed by atoms with van der Waals surface area (Å²) < 4.78 is 1.95. The number of aliphatic hydroxyl groups excluding tert-OH is 1. The van der Waals surface area contributed by atoms with Gasteiger partial charge in [-0.1, -0.05) is 19.8 Å². The SMILES string of the molecule is CC1CCC(c2nnc(CO)n2C)CC1. The smallest absolute Gasteiger partial charge is 0.158 e. The van der Waals surface area contributed by atoms with Crippen LogP contribution in [0.2, 0.25) is 0 Å². The van der Waals surface area contributed by atoms with Gasteiger partial charge in [-0.15, -0.1) is 10.2 Å². The van der Waals surface area contributed by atoms with Crippen LogP contribution in [0.3, 0.4) is 0 Å². The fourth-order valence-electron chi connectivity index (χ4n) is 2.39. The van der Waals surface area contributed by atoms with E-state index in [9.17, 15) is 0 Å². The number of hydrogen-bond acceptors (Lipinski definition) is 3. The molecule has 0 unspecified atom stereocenters. The average Bonchev–Trinajstić information content (AvgIpc) is 2.61. The number of hydrogen-bond donors (Lipinski definition) is 1. The van der Waals surface area contributed by atoms with Gasteiger partial charge in [0.25, 0.3) is 0 Å². The zero-order chi connectivity index (χ0) is 10.8. The van der Waals surface area contributed by atoms with Crippen LogP contribution in [-0.4, -0.2) is 19.9 Å². The maximum absolute atomic E-state index is 9.05. The number of aromatic nitrogens is 3. The van der Waals surface area contributed by atoms with Crippen molar-refractivity contribution < 1.29 is 5.11 Å². The monoisotopic (exact) mass is 209 g/mol. The Balaban J connectivity index is 2.12. The summed E-state index contributed by atoms with van der Waals surface area (Å²) in [6.07, 6.45) is 4.98. The van der Waals surface area contributed by atoms with Crippen molar-refractivity contribution in [1.82, 2.24) is 14.8 Å². The first kappa shape index (κ1) is 10.6. The molecular weight excluding hydrogens is 190 g/mol. The first-order chi connectivity index (χ1) is 7.22. The van der Waals surface area contributed by atoms with Crippen LogP contribution in [0.5, 0.6) is 0 Å². The molecule has 4 heteroatoms. The first-order valence-corrected chi connectivity index (χ1v) is 5.71. The average molecular weight is 209 g/mol. The molecule has 1 heterocycles. The van der Waals surface area contributed by atoms with Gasteiger partial charge in [0.05, 0.1) is 0 Å². The van der Waals surface area contributed by atoms with E-state index in [1.54, 1.807) is 0 Å². The molecule has 1 aromatic heterocycles. The fourth-order valence-corrected chi connectivity index (χ4v) is 2.39.